The summed E-state index contributed by atoms with van der Waals surface area (Å²) in [5.74, 6) is -0.305. The molecule has 3 amide bonds. The highest BCUT2D eigenvalue weighted by molar-refractivity contribution is 7.12. The molecule has 0 radical (unpaired) electrons. The van der Waals surface area contributed by atoms with Crippen LogP contribution in [0.25, 0.3) is 0 Å². The second kappa shape index (κ2) is 10.3. The van der Waals surface area contributed by atoms with Gasteiger partial charge in [0.05, 0.1) is 11.5 Å². The fraction of sp³-hybridized carbons (Fsp3) is 0.611. The SMILES string of the molecule is CCC(=O)N1CCC([C@@H](NC(=O)c2cccs2)C(=O)NCCOC)CC1. The van der Waals surface area contributed by atoms with Gasteiger partial charge in [-0.15, -0.1) is 11.3 Å². The first-order valence-corrected chi connectivity index (χ1v) is 9.83. The number of thiophene rings is 1. The lowest BCUT2D eigenvalue weighted by Gasteiger charge is -2.35. The molecule has 8 heteroatoms. The van der Waals surface area contributed by atoms with Crippen molar-refractivity contribution in [3.05, 3.63) is 22.4 Å². The van der Waals surface area contributed by atoms with E-state index >= 15 is 0 Å². The van der Waals surface area contributed by atoms with Crippen LogP contribution in [0.15, 0.2) is 17.5 Å². The van der Waals surface area contributed by atoms with E-state index in [1.54, 1.807) is 13.2 Å². The van der Waals surface area contributed by atoms with Crippen molar-refractivity contribution in [1.29, 1.82) is 0 Å². The standard InChI is InChI=1S/C18H27N3O4S/c1-3-15(22)21-9-6-13(7-10-21)16(18(24)19-8-11-25-2)20-17(23)14-5-4-12-26-14/h4-5,12-13,16H,3,6-11H2,1-2H3,(H,19,24)(H,20,23)/t16-/m1/s1. The van der Waals surface area contributed by atoms with Gasteiger partial charge in [-0.2, -0.15) is 0 Å². The van der Waals surface area contributed by atoms with Crippen molar-refractivity contribution in [3.63, 3.8) is 0 Å². The summed E-state index contributed by atoms with van der Waals surface area (Å²) in [7, 11) is 1.57. The molecule has 0 spiro atoms. The van der Waals surface area contributed by atoms with Crippen LogP contribution in [0.4, 0.5) is 0 Å². The number of rotatable bonds is 8. The number of nitrogens with one attached hydrogen (secondary N) is 2. The summed E-state index contributed by atoms with van der Waals surface area (Å²) in [6.45, 7) is 3.90. The molecular formula is C18H27N3O4S. The number of carbonyl (C=O) groups excluding carboxylic acids is 3. The Morgan fingerprint density at radius 2 is 2.08 bits per heavy atom. The third-order valence-corrected chi connectivity index (χ3v) is 5.45. The number of hydrogen-bond acceptors (Lipinski definition) is 5. The summed E-state index contributed by atoms with van der Waals surface area (Å²) < 4.78 is 4.97. The molecule has 0 unspecified atom stereocenters. The van der Waals surface area contributed by atoms with Crippen molar-refractivity contribution < 1.29 is 19.1 Å². The predicted octanol–water partition coefficient (Wildman–Crippen LogP) is 1.26. The highest BCUT2D eigenvalue weighted by atomic mass is 32.1. The zero-order chi connectivity index (χ0) is 18.9. The number of likely N-dealkylation sites (tertiary alicyclic amines) is 1. The Hall–Kier alpha value is -1.93. The molecule has 0 aliphatic carbocycles. The fourth-order valence-corrected chi connectivity index (χ4v) is 3.74. The smallest absolute Gasteiger partial charge is 0.262 e. The minimum absolute atomic E-state index is 0.00219. The summed E-state index contributed by atoms with van der Waals surface area (Å²) in [4.78, 5) is 39.3. The monoisotopic (exact) mass is 381 g/mol. The molecule has 144 valence electrons. The number of hydrogen-bond donors (Lipinski definition) is 2. The molecule has 1 fully saturated rings. The number of carbonyl (C=O) groups is 3. The number of ether oxygens (including phenoxy) is 1. The Morgan fingerprint density at radius 1 is 1.35 bits per heavy atom. The van der Waals surface area contributed by atoms with Gasteiger partial charge in [0, 0.05) is 33.2 Å². The Balaban J connectivity index is 2.01. The van der Waals surface area contributed by atoms with Crippen LogP contribution in [0.3, 0.4) is 0 Å². The highest BCUT2D eigenvalue weighted by Crippen LogP contribution is 2.22. The van der Waals surface area contributed by atoms with E-state index in [2.05, 4.69) is 10.6 Å². The van der Waals surface area contributed by atoms with E-state index in [-0.39, 0.29) is 23.6 Å². The maximum absolute atomic E-state index is 12.6. The van der Waals surface area contributed by atoms with E-state index in [4.69, 9.17) is 4.74 Å². The molecule has 1 aromatic heterocycles. The zero-order valence-electron chi connectivity index (χ0n) is 15.3. The van der Waals surface area contributed by atoms with E-state index in [0.717, 1.165) is 0 Å². The maximum Gasteiger partial charge on any atom is 0.262 e. The maximum atomic E-state index is 12.6. The molecule has 7 nitrogen and oxygen atoms in total. The molecule has 2 N–H and O–H groups in total. The van der Waals surface area contributed by atoms with Gasteiger partial charge in [-0.05, 0) is 30.2 Å². The third kappa shape index (κ3) is 5.54. The van der Waals surface area contributed by atoms with Crippen LogP contribution in [-0.4, -0.2) is 62.0 Å². The Morgan fingerprint density at radius 3 is 2.65 bits per heavy atom. The molecule has 0 aromatic carbocycles. The quantitative estimate of drug-likeness (QED) is 0.664. The van der Waals surface area contributed by atoms with Crippen LogP contribution in [-0.2, 0) is 14.3 Å². The van der Waals surface area contributed by atoms with Gasteiger partial charge in [-0.3, -0.25) is 14.4 Å². The molecule has 1 aliphatic heterocycles. The van der Waals surface area contributed by atoms with E-state index in [1.165, 1.54) is 11.3 Å². The lowest BCUT2D eigenvalue weighted by atomic mass is 9.88. The Bertz CT molecular complexity index is 598. The molecule has 0 saturated carbocycles. The van der Waals surface area contributed by atoms with Gasteiger partial charge >= 0.3 is 0 Å². The minimum Gasteiger partial charge on any atom is -0.383 e. The first kappa shape index (κ1) is 20.4. The lowest BCUT2D eigenvalue weighted by Crippen LogP contribution is -2.54. The molecule has 1 saturated heterocycles. The normalized spacial score (nSPS) is 16.2. The van der Waals surface area contributed by atoms with E-state index < -0.39 is 6.04 Å². The van der Waals surface area contributed by atoms with Crippen molar-refractivity contribution in [3.8, 4) is 0 Å². The second-order valence-electron chi connectivity index (χ2n) is 6.28. The average molecular weight is 381 g/mol. The first-order chi connectivity index (χ1) is 12.6. The van der Waals surface area contributed by atoms with Gasteiger partial charge in [0.15, 0.2) is 0 Å². The number of nitrogens with zero attached hydrogens (tertiary/aromatic N) is 1. The fourth-order valence-electron chi connectivity index (χ4n) is 3.11. The van der Waals surface area contributed by atoms with Gasteiger partial charge in [0.25, 0.3) is 5.91 Å². The minimum atomic E-state index is -0.611. The summed E-state index contributed by atoms with van der Waals surface area (Å²) in [6.07, 6.45) is 1.87. The van der Waals surface area contributed by atoms with Crippen molar-refractivity contribution in [2.75, 3.05) is 33.4 Å². The molecule has 2 rings (SSSR count). The lowest BCUT2D eigenvalue weighted by molar-refractivity contribution is -0.132. The van der Waals surface area contributed by atoms with Crippen molar-refractivity contribution >= 4 is 29.1 Å². The highest BCUT2D eigenvalue weighted by Gasteiger charge is 2.33. The van der Waals surface area contributed by atoms with Gasteiger partial charge < -0.3 is 20.3 Å². The van der Waals surface area contributed by atoms with Gasteiger partial charge in [0.1, 0.15) is 6.04 Å². The first-order valence-electron chi connectivity index (χ1n) is 8.95. The van der Waals surface area contributed by atoms with E-state index in [9.17, 15) is 14.4 Å². The number of methoxy groups -OCH3 is 1. The predicted molar refractivity (Wildman–Crippen MR) is 100 cm³/mol. The topological polar surface area (TPSA) is 87.7 Å². The van der Waals surface area contributed by atoms with Crippen LogP contribution in [0.5, 0.6) is 0 Å². The molecule has 1 atom stereocenters. The van der Waals surface area contributed by atoms with E-state index in [1.807, 2.05) is 23.3 Å². The van der Waals surface area contributed by atoms with Crippen LogP contribution in [0, 0.1) is 5.92 Å². The molecule has 26 heavy (non-hydrogen) atoms. The van der Waals surface area contributed by atoms with Gasteiger partial charge in [0.2, 0.25) is 11.8 Å². The van der Waals surface area contributed by atoms with Crippen molar-refractivity contribution in [2.24, 2.45) is 5.92 Å². The van der Waals surface area contributed by atoms with Crippen LogP contribution >= 0.6 is 11.3 Å². The summed E-state index contributed by atoms with van der Waals surface area (Å²) in [6, 6.07) is 2.94. The zero-order valence-corrected chi connectivity index (χ0v) is 16.1. The summed E-state index contributed by atoms with van der Waals surface area (Å²) >= 11 is 1.34. The molecule has 1 aliphatic rings. The van der Waals surface area contributed by atoms with Gasteiger partial charge in [-0.1, -0.05) is 13.0 Å². The molecule has 1 aromatic rings. The molecule has 2 heterocycles. The van der Waals surface area contributed by atoms with Crippen molar-refractivity contribution in [1.82, 2.24) is 15.5 Å². The number of piperidine rings is 1. The molecule has 0 bridgehead atoms. The Kier molecular flexibility index (Phi) is 8.06. The van der Waals surface area contributed by atoms with E-state index in [0.29, 0.717) is 50.4 Å². The van der Waals surface area contributed by atoms with Crippen LogP contribution in [0.2, 0.25) is 0 Å². The van der Waals surface area contributed by atoms with Crippen LogP contribution in [0.1, 0.15) is 35.9 Å². The third-order valence-electron chi connectivity index (χ3n) is 4.59. The van der Waals surface area contributed by atoms with Crippen LogP contribution < -0.4 is 10.6 Å². The largest absolute Gasteiger partial charge is 0.383 e. The average Bonchev–Trinajstić information content (AvgIpc) is 3.20. The molecular weight excluding hydrogens is 354 g/mol. The Labute approximate surface area is 158 Å². The number of amides is 3. The second-order valence-corrected chi connectivity index (χ2v) is 7.23. The summed E-state index contributed by atoms with van der Waals surface area (Å²) in [5.41, 5.74) is 0. The summed E-state index contributed by atoms with van der Waals surface area (Å²) in [5, 5.41) is 7.54. The van der Waals surface area contributed by atoms with Gasteiger partial charge in [-0.25, -0.2) is 0 Å². The van der Waals surface area contributed by atoms with Crippen molar-refractivity contribution in [2.45, 2.75) is 32.2 Å².